The minimum atomic E-state index is -0.0454. The van der Waals surface area contributed by atoms with Gasteiger partial charge in [0.1, 0.15) is 0 Å². The molecule has 2 nitrogen and oxygen atoms in total. The van der Waals surface area contributed by atoms with Crippen molar-refractivity contribution in [2.24, 2.45) is 0 Å². The SMILES string of the molecule is C=C(C)CCCC(=O)OCCCCCCCCCCCCCCCC. The number of unbranched alkanes of at least 4 members (excludes halogenated alkanes) is 13. The molecule has 0 bridgehead atoms. The average molecular weight is 353 g/mol. The van der Waals surface area contributed by atoms with Crippen molar-refractivity contribution < 1.29 is 9.53 Å². The third kappa shape index (κ3) is 21.2. The van der Waals surface area contributed by atoms with Gasteiger partial charge in [-0.15, -0.1) is 6.58 Å². The first-order valence-corrected chi connectivity index (χ1v) is 11.0. The van der Waals surface area contributed by atoms with Crippen LogP contribution in [0, 0.1) is 0 Å². The van der Waals surface area contributed by atoms with Crippen molar-refractivity contribution in [2.45, 2.75) is 123 Å². The molecule has 148 valence electrons. The Balaban J connectivity index is 3.11. The van der Waals surface area contributed by atoms with Gasteiger partial charge in [0.15, 0.2) is 0 Å². The number of hydrogen-bond acceptors (Lipinski definition) is 2. The Morgan fingerprint density at radius 2 is 1.12 bits per heavy atom. The van der Waals surface area contributed by atoms with Crippen LogP contribution in [-0.4, -0.2) is 12.6 Å². The smallest absolute Gasteiger partial charge is 0.305 e. The highest BCUT2D eigenvalue weighted by Crippen LogP contribution is 2.13. The van der Waals surface area contributed by atoms with Crippen LogP contribution in [0.15, 0.2) is 12.2 Å². The molecule has 0 amide bonds. The van der Waals surface area contributed by atoms with Crippen molar-refractivity contribution in [1.82, 2.24) is 0 Å². The molecule has 2 heteroatoms. The lowest BCUT2D eigenvalue weighted by molar-refractivity contribution is -0.143. The average Bonchev–Trinajstić information content (AvgIpc) is 2.58. The molecule has 0 atom stereocenters. The van der Waals surface area contributed by atoms with E-state index in [9.17, 15) is 4.79 Å². The predicted molar refractivity (Wildman–Crippen MR) is 110 cm³/mol. The number of hydrogen-bond donors (Lipinski definition) is 0. The lowest BCUT2D eigenvalue weighted by Crippen LogP contribution is -2.05. The summed E-state index contributed by atoms with van der Waals surface area (Å²) in [6, 6.07) is 0. The van der Waals surface area contributed by atoms with Crippen LogP contribution in [0.4, 0.5) is 0 Å². The van der Waals surface area contributed by atoms with Gasteiger partial charge in [-0.3, -0.25) is 4.79 Å². The zero-order chi connectivity index (χ0) is 18.6. The van der Waals surface area contributed by atoms with Crippen molar-refractivity contribution in [2.75, 3.05) is 6.61 Å². The fraction of sp³-hybridized carbons (Fsp3) is 0.870. The highest BCUT2D eigenvalue weighted by molar-refractivity contribution is 5.69. The van der Waals surface area contributed by atoms with Gasteiger partial charge in [-0.05, 0) is 26.2 Å². The summed E-state index contributed by atoms with van der Waals surface area (Å²) < 4.78 is 5.26. The van der Waals surface area contributed by atoms with E-state index in [1.54, 1.807) is 0 Å². The van der Waals surface area contributed by atoms with E-state index < -0.39 is 0 Å². The van der Waals surface area contributed by atoms with E-state index in [4.69, 9.17) is 4.74 Å². The molecule has 0 aromatic rings. The largest absolute Gasteiger partial charge is 0.466 e. The van der Waals surface area contributed by atoms with Crippen LogP contribution in [0.5, 0.6) is 0 Å². The van der Waals surface area contributed by atoms with Gasteiger partial charge in [0.05, 0.1) is 6.61 Å². The van der Waals surface area contributed by atoms with Gasteiger partial charge in [-0.25, -0.2) is 0 Å². The van der Waals surface area contributed by atoms with Gasteiger partial charge in [0, 0.05) is 6.42 Å². The summed E-state index contributed by atoms with van der Waals surface area (Å²) in [5, 5.41) is 0. The number of allylic oxidation sites excluding steroid dienone is 1. The molecule has 0 rings (SSSR count). The Morgan fingerprint density at radius 1 is 0.680 bits per heavy atom. The van der Waals surface area contributed by atoms with Crippen LogP contribution in [0.2, 0.25) is 0 Å². The van der Waals surface area contributed by atoms with Crippen LogP contribution in [0.1, 0.15) is 123 Å². The third-order valence-corrected chi connectivity index (χ3v) is 4.75. The summed E-state index contributed by atoms with van der Waals surface area (Å²) in [6.07, 6.45) is 21.2. The molecular weight excluding hydrogens is 308 g/mol. The summed E-state index contributed by atoms with van der Waals surface area (Å²) in [6.45, 7) is 8.72. The molecule has 0 N–H and O–H groups in total. The van der Waals surface area contributed by atoms with Crippen LogP contribution in [-0.2, 0) is 9.53 Å². The van der Waals surface area contributed by atoms with E-state index in [2.05, 4.69) is 13.5 Å². The van der Waals surface area contributed by atoms with Gasteiger partial charge in [-0.2, -0.15) is 0 Å². The molecule has 0 saturated carbocycles. The second-order valence-electron chi connectivity index (χ2n) is 7.63. The zero-order valence-electron chi connectivity index (χ0n) is 17.3. The Labute approximate surface area is 157 Å². The van der Waals surface area contributed by atoms with E-state index >= 15 is 0 Å². The molecule has 0 aromatic heterocycles. The molecular formula is C23H44O2. The number of carbonyl (C=O) groups is 1. The standard InChI is InChI=1S/C23H44O2/c1-4-5-6-7-8-9-10-11-12-13-14-15-16-17-21-25-23(24)20-18-19-22(2)3/h2,4-21H2,1,3H3. The second-order valence-corrected chi connectivity index (χ2v) is 7.63. The van der Waals surface area contributed by atoms with Gasteiger partial charge in [-0.1, -0.05) is 96.0 Å². The van der Waals surface area contributed by atoms with Crippen molar-refractivity contribution >= 4 is 5.97 Å². The maximum atomic E-state index is 11.5. The fourth-order valence-electron chi connectivity index (χ4n) is 3.09. The number of carbonyl (C=O) groups excluding carboxylic acids is 1. The Kier molecular flexibility index (Phi) is 18.9. The van der Waals surface area contributed by atoms with E-state index in [0.29, 0.717) is 13.0 Å². The lowest BCUT2D eigenvalue weighted by Gasteiger charge is -2.05. The van der Waals surface area contributed by atoms with Crippen molar-refractivity contribution in [3.05, 3.63) is 12.2 Å². The Morgan fingerprint density at radius 3 is 1.56 bits per heavy atom. The van der Waals surface area contributed by atoms with Crippen LogP contribution >= 0.6 is 0 Å². The van der Waals surface area contributed by atoms with Crippen molar-refractivity contribution in [3.8, 4) is 0 Å². The number of esters is 1. The molecule has 0 unspecified atom stereocenters. The van der Waals surface area contributed by atoms with Crippen LogP contribution in [0.3, 0.4) is 0 Å². The van der Waals surface area contributed by atoms with Gasteiger partial charge < -0.3 is 4.74 Å². The first-order valence-electron chi connectivity index (χ1n) is 11.0. The molecule has 25 heavy (non-hydrogen) atoms. The zero-order valence-corrected chi connectivity index (χ0v) is 17.3. The first kappa shape index (κ1) is 24.2. The molecule has 0 aliphatic rings. The third-order valence-electron chi connectivity index (χ3n) is 4.75. The summed E-state index contributed by atoms with van der Waals surface area (Å²) in [4.78, 5) is 11.5. The molecule has 0 heterocycles. The van der Waals surface area contributed by atoms with Crippen molar-refractivity contribution in [1.29, 1.82) is 0 Å². The minimum absolute atomic E-state index is 0.0454. The lowest BCUT2D eigenvalue weighted by atomic mass is 10.0. The molecule has 0 fully saturated rings. The minimum Gasteiger partial charge on any atom is -0.466 e. The molecule has 0 aliphatic carbocycles. The quantitative estimate of drug-likeness (QED) is 0.135. The second kappa shape index (κ2) is 19.5. The summed E-state index contributed by atoms with van der Waals surface area (Å²) in [5.41, 5.74) is 1.14. The monoisotopic (exact) mass is 352 g/mol. The van der Waals surface area contributed by atoms with Crippen LogP contribution < -0.4 is 0 Å². The maximum Gasteiger partial charge on any atom is 0.305 e. The summed E-state index contributed by atoms with van der Waals surface area (Å²) in [5.74, 6) is -0.0454. The Bertz CT molecular complexity index is 309. The van der Waals surface area contributed by atoms with E-state index in [0.717, 1.165) is 24.8 Å². The first-order chi connectivity index (χ1) is 12.2. The molecule has 0 saturated heterocycles. The maximum absolute atomic E-state index is 11.5. The summed E-state index contributed by atoms with van der Waals surface area (Å²) in [7, 11) is 0. The number of ether oxygens (including phenoxy) is 1. The van der Waals surface area contributed by atoms with Gasteiger partial charge in [0.25, 0.3) is 0 Å². The Hall–Kier alpha value is -0.790. The van der Waals surface area contributed by atoms with E-state index in [1.165, 1.54) is 83.5 Å². The molecule has 0 spiro atoms. The highest BCUT2D eigenvalue weighted by atomic mass is 16.5. The fourth-order valence-corrected chi connectivity index (χ4v) is 3.09. The van der Waals surface area contributed by atoms with E-state index in [1.807, 2.05) is 6.92 Å². The molecule has 0 aliphatic heterocycles. The summed E-state index contributed by atoms with van der Waals surface area (Å²) >= 11 is 0. The van der Waals surface area contributed by atoms with Gasteiger partial charge >= 0.3 is 5.97 Å². The van der Waals surface area contributed by atoms with E-state index in [-0.39, 0.29) is 5.97 Å². The van der Waals surface area contributed by atoms with Crippen LogP contribution in [0.25, 0.3) is 0 Å². The molecule has 0 radical (unpaired) electrons. The predicted octanol–water partition coefficient (Wildman–Crippen LogP) is 7.76. The highest BCUT2D eigenvalue weighted by Gasteiger charge is 2.02. The van der Waals surface area contributed by atoms with Gasteiger partial charge in [0.2, 0.25) is 0 Å². The number of rotatable bonds is 19. The van der Waals surface area contributed by atoms with Crippen molar-refractivity contribution in [3.63, 3.8) is 0 Å². The normalized spacial score (nSPS) is 10.8. The molecule has 0 aromatic carbocycles. The topological polar surface area (TPSA) is 26.3 Å².